The van der Waals surface area contributed by atoms with E-state index in [4.69, 9.17) is 4.74 Å². The second-order valence-electron chi connectivity index (χ2n) is 6.11. The molecule has 0 fully saturated rings. The van der Waals surface area contributed by atoms with Gasteiger partial charge in [-0.3, -0.25) is 14.5 Å². The van der Waals surface area contributed by atoms with E-state index in [0.717, 1.165) is 22.4 Å². The summed E-state index contributed by atoms with van der Waals surface area (Å²) < 4.78 is 6.76. The van der Waals surface area contributed by atoms with Gasteiger partial charge in [0.1, 0.15) is 13.2 Å². The number of hydrogen-bond acceptors (Lipinski definition) is 5. The van der Waals surface area contributed by atoms with Gasteiger partial charge in [0.05, 0.1) is 11.9 Å². The fourth-order valence-electron chi connectivity index (χ4n) is 2.57. The molecule has 8 nitrogen and oxygen atoms in total. The van der Waals surface area contributed by atoms with E-state index in [2.05, 4.69) is 20.7 Å². The highest BCUT2D eigenvalue weighted by Crippen LogP contribution is 2.20. The van der Waals surface area contributed by atoms with Crippen molar-refractivity contribution < 1.29 is 14.3 Å². The first-order chi connectivity index (χ1) is 13.6. The third-order valence-corrected chi connectivity index (χ3v) is 3.95. The second-order valence-corrected chi connectivity index (χ2v) is 6.11. The second kappa shape index (κ2) is 9.31. The Morgan fingerprint density at radius 1 is 1.11 bits per heavy atom. The van der Waals surface area contributed by atoms with Crippen LogP contribution in [-0.4, -0.2) is 33.3 Å². The number of benzene rings is 1. The lowest BCUT2D eigenvalue weighted by molar-refractivity contribution is -0.120. The molecule has 3 rings (SSSR count). The normalized spacial score (nSPS) is 10.3. The first kappa shape index (κ1) is 19.1. The third-order valence-electron chi connectivity index (χ3n) is 3.95. The van der Waals surface area contributed by atoms with E-state index in [9.17, 15) is 9.59 Å². The van der Waals surface area contributed by atoms with Gasteiger partial charge in [0.15, 0.2) is 0 Å². The maximum absolute atomic E-state index is 12.0. The lowest BCUT2D eigenvalue weighted by Gasteiger charge is -2.10. The molecule has 2 heterocycles. The average Bonchev–Trinajstić information content (AvgIpc) is 3.16. The molecule has 8 heteroatoms. The number of pyridine rings is 1. The van der Waals surface area contributed by atoms with Crippen LogP contribution >= 0.6 is 0 Å². The standard InChI is InChI=1S/C20H21N5O3/c1-25-13-17(11-24-25)19-16(8-5-9-21-19)10-22-18(26)12-23-20(27)28-14-15-6-3-2-4-7-15/h2-9,11,13H,10,12,14H2,1H3,(H,22,26)(H,23,27). The molecule has 144 valence electrons. The van der Waals surface area contributed by atoms with Gasteiger partial charge in [-0.25, -0.2) is 4.79 Å². The molecular formula is C20H21N5O3. The molecule has 3 aromatic rings. The van der Waals surface area contributed by atoms with Crippen LogP contribution in [0.25, 0.3) is 11.3 Å². The molecule has 0 bridgehead atoms. The lowest BCUT2D eigenvalue weighted by atomic mass is 10.1. The van der Waals surface area contributed by atoms with Crippen LogP contribution in [0.2, 0.25) is 0 Å². The fourth-order valence-corrected chi connectivity index (χ4v) is 2.57. The SMILES string of the molecule is Cn1cc(-c2ncccc2CNC(=O)CNC(=O)OCc2ccccc2)cn1. The van der Waals surface area contributed by atoms with Crippen molar-refractivity contribution in [2.24, 2.45) is 7.05 Å². The van der Waals surface area contributed by atoms with Crippen LogP contribution in [0, 0.1) is 0 Å². The topological polar surface area (TPSA) is 98.1 Å². The van der Waals surface area contributed by atoms with Crippen LogP contribution in [0.15, 0.2) is 61.1 Å². The highest BCUT2D eigenvalue weighted by Gasteiger charge is 2.11. The van der Waals surface area contributed by atoms with E-state index in [1.807, 2.05) is 49.6 Å². The van der Waals surface area contributed by atoms with Crippen LogP contribution in [0.3, 0.4) is 0 Å². The number of carbonyl (C=O) groups is 2. The van der Waals surface area contributed by atoms with Gasteiger partial charge in [-0.05, 0) is 17.2 Å². The van der Waals surface area contributed by atoms with Crippen molar-refractivity contribution in [1.82, 2.24) is 25.4 Å². The predicted molar refractivity (Wildman–Crippen MR) is 103 cm³/mol. The highest BCUT2D eigenvalue weighted by atomic mass is 16.5. The Morgan fingerprint density at radius 3 is 2.68 bits per heavy atom. The summed E-state index contributed by atoms with van der Waals surface area (Å²) in [6.07, 6.45) is 4.63. The molecule has 0 aliphatic carbocycles. The zero-order chi connectivity index (χ0) is 19.8. The van der Waals surface area contributed by atoms with Gasteiger partial charge in [-0.1, -0.05) is 36.4 Å². The number of rotatable bonds is 7. The number of amides is 2. The number of aryl methyl sites for hydroxylation is 1. The number of ether oxygens (including phenoxy) is 1. The molecule has 2 N–H and O–H groups in total. The van der Waals surface area contributed by atoms with E-state index < -0.39 is 6.09 Å². The van der Waals surface area contributed by atoms with Crippen LogP contribution in [0.1, 0.15) is 11.1 Å². The van der Waals surface area contributed by atoms with Gasteiger partial charge in [0, 0.05) is 31.5 Å². The summed E-state index contributed by atoms with van der Waals surface area (Å²) in [6.45, 7) is 0.270. The van der Waals surface area contributed by atoms with Crippen molar-refractivity contribution in [3.8, 4) is 11.3 Å². The minimum absolute atomic E-state index is 0.151. The summed E-state index contributed by atoms with van der Waals surface area (Å²) in [7, 11) is 1.83. The molecule has 0 aliphatic heterocycles. The number of carbonyl (C=O) groups excluding carboxylic acids is 2. The van der Waals surface area contributed by atoms with Gasteiger partial charge in [0.25, 0.3) is 0 Å². The molecule has 28 heavy (non-hydrogen) atoms. The molecule has 0 radical (unpaired) electrons. The molecule has 2 aromatic heterocycles. The molecule has 0 spiro atoms. The maximum atomic E-state index is 12.0. The predicted octanol–water partition coefficient (Wildman–Crippen LogP) is 2.02. The summed E-state index contributed by atoms with van der Waals surface area (Å²) in [5.41, 5.74) is 3.36. The average molecular weight is 379 g/mol. The molecule has 0 saturated heterocycles. The quantitative estimate of drug-likeness (QED) is 0.654. The highest BCUT2D eigenvalue weighted by molar-refractivity contribution is 5.82. The minimum atomic E-state index is -0.642. The summed E-state index contributed by atoms with van der Waals surface area (Å²) in [6, 6.07) is 13.0. The van der Waals surface area contributed by atoms with Gasteiger partial charge >= 0.3 is 6.09 Å². The first-order valence-corrected chi connectivity index (χ1v) is 8.76. The van der Waals surface area contributed by atoms with Gasteiger partial charge in [-0.2, -0.15) is 5.10 Å². The molecule has 1 aromatic carbocycles. The Kier molecular flexibility index (Phi) is 6.35. The zero-order valence-corrected chi connectivity index (χ0v) is 15.5. The Labute approximate surface area is 162 Å². The van der Waals surface area contributed by atoms with Crippen molar-refractivity contribution in [2.75, 3.05) is 6.54 Å². The Bertz CT molecular complexity index is 940. The third kappa shape index (κ3) is 5.41. The largest absolute Gasteiger partial charge is 0.445 e. The summed E-state index contributed by atoms with van der Waals surface area (Å²) >= 11 is 0. The molecular weight excluding hydrogens is 358 g/mol. The molecule has 0 unspecified atom stereocenters. The summed E-state index contributed by atoms with van der Waals surface area (Å²) in [4.78, 5) is 28.1. The van der Waals surface area contributed by atoms with Gasteiger partial charge in [-0.15, -0.1) is 0 Å². The van der Waals surface area contributed by atoms with E-state index in [-0.39, 0.29) is 25.6 Å². The monoisotopic (exact) mass is 379 g/mol. The minimum Gasteiger partial charge on any atom is -0.445 e. The number of nitrogens with zero attached hydrogens (tertiary/aromatic N) is 3. The number of nitrogens with one attached hydrogen (secondary N) is 2. The van der Waals surface area contributed by atoms with Gasteiger partial charge < -0.3 is 15.4 Å². The van der Waals surface area contributed by atoms with Crippen molar-refractivity contribution in [3.63, 3.8) is 0 Å². The number of alkyl carbamates (subject to hydrolysis) is 1. The molecule has 0 aliphatic rings. The Morgan fingerprint density at radius 2 is 1.93 bits per heavy atom. The van der Waals surface area contributed by atoms with Crippen molar-refractivity contribution in [3.05, 3.63) is 72.2 Å². The van der Waals surface area contributed by atoms with Crippen molar-refractivity contribution in [1.29, 1.82) is 0 Å². The smallest absolute Gasteiger partial charge is 0.407 e. The van der Waals surface area contributed by atoms with Crippen LogP contribution in [0.4, 0.5) is 4.79 Å². The number of aromatic nitrogens is 3. The van der Waals surface area contributed by atoms with E-state index in [1.54, 1.807) is 23.1 Å². The van der Waals surface area contributed by atoms with Crippen LogP contribution in [-0.2, 0) is 29.7 Å². The van der Waals surface area contributed by atoms with E-state index in [0.29, 0.717) is 0 Å². The zero-order valence-electron chi connectivity index (χ0n) is 15.5. The molecule has 0 saturated carbocycles. The van der Waals surface area contributed by atoms with E-state index in [1.165, 1.54) is 0 Å². The van der Waals surface area contributed by atoms with Crippen molar-refractivity contribution >= 4 is 12.0 Å². The lowest BCUT2D eigenvalue weighted by Crippen LogP contribution is -2.36. The summed E-state index contributed by atoms with van der Waals surface area (Å²) in [5.74, 6) is -0.322. The van der Waals surface area contributed by atoms with E-state index >= 15 is 0 Å². The summed E-state index contributed by atoms with van der Waals surface area (Å²) in [5, 5.41) is 9.35. The molecule has 0 atom stereocenters. The molecule has 2 amide bonds. The van der Waals surface area contributed by atoms with Crippen molar-refractivity contribution in [2.45, 2.75) is 13.2 Å². The van der Waals surface area contributed by atoms with Crippen LogP contribution in [0.5, 0.6) is 0 Å². The Balaban J connectivity index is 1.45. The Hall–Kier alpha value is -3.68. The first-order valence-electron chi connectivity index (χ1n) is 8.76. The van der Waals surface area contributed by atoms with Crippen LogP contribution < -0.4 is 10.6 Å². The van der Waals surface area contributed by atoms with Gasteiger partial charge in [0.2, 0.25) is 5.91 Å². The fraction of sp³-hybridized carbons (Fsp3) is 0.200. The maximum Gasteiger partial charge on any atom is 0.407 e. The number of hydrogen-bond donors (Lipinski definition) is 2.